The molecule has 4 rings (SSSR count). The van der Waals surface area contributed by atoms with Crippen LogP contribution in [-0.2, 0) is 4.75 Å². The van der Waals surface area contributed by atoms with Gasteiger partial charge in [-0.25, -0.2) is 0 Å². The van der Waals surface area contributed by atoms with Gasteiger partial charge in [0.25, 0.3) is 0 Å². The average Bonchev–Trinajstić information content (AvgIpc) is 2.70. The smallest absolute Gasteiger partial charge is 0.141 e. The van der Waals surface area contributed by atoms with Crippen molar-refractivity contribution in [2.75, 3.05) is 6.54 Å². The lowest BCUT2D eigenvalue weighted by atomic mass is 9.84. The van der Waals surface area contributed by atoms with Gasteiger partial charge < -0.3 is 10.3 Å². The van der Waals surface area contributed by atoms with E-state index in [1.54, 1.807) is 11.8 Å². The molecule has 2 unspecified atom stereocenters. The van der Waals surface area contributed by atoms with Gasteiger partial charge in [0, 0.05) is 0 Å². The molecule has 1 aliphatic heterocycles. The van der Waals surface area contributed by atoms with Crippen LogP contribution in [0.3, 0.4) is 0 Å². The summed E-state index contributed by atoms with van der Waals surface area (Å²) in [5.74, 6) is 0. The first-order valence-electron chi connectivity index (χ1n) is 8.68. The summed E-state index contributed by atoms with van der Waals surface area (Å²) in [6.07, 6.45) is 0.970. The van der Waals surface area contributed by atoms with E-state index in [1.165, 1.54) is 16.7 Å². The Bertz CT molecular complexity index is 711. The zero-order valence-corrected chi connectivity index (χ0v) is 14.8. The van der Waals surface area contributed by atoms with Crippen molar-refractivity contribution < 1.29 is 5.06 Å². The third-order valence-corrected chi connectivity index (χ3v) is 6.72. The fourth-order valence-corrected chi connectivity index (χ4v) is 5.17. The Balaban J connectivity index is 1.94. The highest BCUT2D eigenvalue weighted by Crippen LogP contribution is 2.50. The summed E-state index contributed by atoms with van der Waals surface area (Å²) in [6.45, 7) is 0.714. The van der Waals surface area contributed by atoms with E-state index in [1.807, 2.05) is 18.2 Å². The number of benzene rings is 3. The van der Waals surface area contributed by atoms with Crippen molar-refractivity contribution in [2.24, 2.45) is 0 Å². The fourth-order valence-electron chi connectivity index (χ4n) is 3.44. The van der Waals surface area contributed by atoms with Crippen LogP contribution < -0.4 is 5.06 Å². The topological polar surface area (TPSA) is 27.5 Å². The van der Waals surface area contributed by atoms with Crippen molar-refractivity contribution in [3.05, 3.63) is 113 Å². The number of thioether (sulfide) groups is 1. The lowest BCUT2D eigenvalue weighted by Gasteiger charge is -2.45. The first-order chi connectivity index (χ1) is 12.3. The highest BCUT2D eigenvalue weighted by Gasteiger charge is 2.43. The molecule has 2 atom stereocenters. The second-order valence-electron chi connectivity index (χ2n) is 6.39. The van der Waals surface area contributed by atoms with Crippen LogP contribution >= 0.6 is 11.8 Å². The van der Waals surface area contributed by atoms with E-state index in [0.717, 1.165) is 6.42 Å². The van der Waals surface area contributed by atoms with E-state index in [-0.39, 0.29) is 10.1 Å². The van der Waals surface area contributed by atoms with E-state index in [4.69, 9.17) is 0 Å². The Morgan fingerprint density at radius 1 is 0.720 bits per heavy atom. The van der Waals surface area contributed by atoms with Crippen LogP contribution in [0.1, 0.15) is 23.1 Å². The standard InChI is InChI=1S/C22H21NOS/c24-23-17-16-21(23)25-22(18-10-4-1-5-11-18,19-12-6-2-7-13-19)20-14-8-3-9-15-20/h1-15,21,23H,16-17H2. The number of hydrogen-bond acceptors (Lipinski definition) is 2. The molecule has 1 aliphatic rings. The van der Waals surface area contributed by atoms with Gasteiger partial charge in [-0.2, -0.15) is 0 Å². The maximum atomic E-state index is 12.2. The van der Waals surface area contributed by atoms with E-state index in [2.05, 4.69) is 72.8 Å². The second kappa shape index (κ2) is 7.04. The molecule has 25 heavy (non-hydrogen) atoms. The lowest BCUT2D eigenvalue weighted by molar-refractivity contribution is -0.902. The molecule has 1 heterocycles. The van der Waals surface area contributed by atoms with Crippen LogP contribution in [0.25, 0.3) is 0 Å². The molecular weight excluding hydrogens is 326 g/mol. The average molecular weight is 347 g/mol. The molecule has 3 aromatic carbocycles. The predicted molar refractivity (Wildman–Crippen MR) is 104 cm³/mol. The molecule has 0 amide bonds. The number of hydroxylamine groups is 2. The molecule has 0 bridgehead atoms. The Kier molecular flexibility index (Phi) is 4.62. The first kappa shape index (κ1) is 16.4. The summed E-state index contributed by atoms with van der Waals surface area (Å²) < 4.78 is -0.371. The number of quaternary nitrogens is 1. The first-order valence-corrected chi connectivity index (χ1v) is 9.56. The number of rotatable bonds is 5. The SMILES string of the molecule is [O-][NH+]1CCC1SC(c1ccccc1)(c1ccccc1)c1ccccc1. The molecule has 0 aromatic heterocycles. The lowest BCUT2D eigenvalue weighted by Crippen LogP contribution is -3.17. The van der Waals surface area contributed by atoms with Crippen molar-refractivity contribution >= 4 is 11.8 Å². The van der Waals surface area contributed by atoms with Gasteiger partial charge in [-0.05, 0) is 16.7 Å². The minimum Gasteiger partial charge on any atom is -0.633 e. The molecular formula is C22H21NOS. The van der Waals surface area contributed by atoms with Gasteiger partial charge in [0.1, 0.15) is 5.37 Å². The predicted octanol–water partition coefficient (Wildman–Crippen LogP) is 3.82. The van der Waals surface area contributed by atoms with Crippen molar-refractivity contribution in [3.63, 3.8) is 0 Å². The summed E-state index contributed by atoms with van der Waals surface area (Å²) >= 11 is 1.80. The van der Waals surface area contributed by atoms with Crippen LogP contribution in [0.2, 0.25) is 0 Å². The van der Waals surface area contributed by atoms with Crippen molar-refractivity contribution in [1.82, 2.24) is 0 Å². The van der Waals surface area contributed by atoms with Gasteiger partial charge in [-0.3, -0.25) is 0 Å². The van der Waals surface area contributed by atoms with Crippen LogP contribution in [-0.4, -0.2) is 11.9 Å². The third kappa shape index (κ3) is 2.99. The number of nitrogens with one attached hydrogen (secondary N) is 1. The Hall–Kier alpha value is -2.07. The highest BCUT2D eigenvalue weighted by molar-refractivity contribution is 8.01. The molecule has 1 saturated heterocycles. The molecule has 0 saturated carbocycles. The molecule has 0 spiro atoms. The Labute approximate surface area is 153 Å². The molecule has 126 valence electrons. The summed E-state index contributed by atoms with van der Waals surface area (Å²) in [6, 6.07) is 31.7. The van der Waals surface area contributed by atoms with Crippen LogP contribution in [0, 0.1) is 5.21 Å². The van der Waals surface area contributed by atoms with Crippen molar-refractivity contribution in [2.45, 2.75) is 16.5 Å². The van der Waals surface area contributed by atoms with Crippen molar-refractivity contribution in [3.8, 4) is 0 Å². The molecule has 1 fully saturated rings. The minimum atomic E-state index is -0.371. The van der Waals surface area contributed by atoms with Crippen molar-refractivity contribution in [1.29, 1.82) is 0 Å². The summed E-state index contributed by atoms with van der Waals surface area (Å²) in [5, 5.41) is 12.6. The molecule has 2 nitrogen and oxygen atoms in total. The van der Waals surface area contributed by atoms with Gasteiger partial charge in [-0.1, -0.05) is 103 Å². The van der Waals surface area contributed by atoms with Gasteiger partial charge in [-0.15, -0.1) is 0 Å². The monoisotopic (exact) mass is 347 g/mol. The maximum Gasteiger partial charge on any atom is 0.141 e. The minimum absolute atomic E-state index is 0.0700. The van der Waals surface area contributed by atoms with Gasteiger partial charge in [0.15, 0.2) is 0 Å². The second-order valence-corrected chi connectivity index (χ2v) is 7.81. The zero-order valence-electron chi connectivity index (χ0n) is 14.0. The third-order valence-electron chi connectivity index (χ3n) is 4.87. The molecule has 3 aromatic rings. The molecule has 0 aliphatic carbocycles. The van der Waals surface area contributed by atoms with E-state index >= 15 is 0 Å². The van der Waals surface area contributed by atoms with E-state index in [9.17, 15) is 5.21 Å². The summed E-state index contributed by atoms with van der Waals surface area (Å²) in [7, 11) is 0. The number of hydrogen-bond donors (Lipinski definition) is 1. The molecule has 0 radical (unpaired) electrons. The normalized spacial score (nSPS) is 20.0. The van der Waals surface area contributed by atoms with Gasteiger partial charge in [0.05, 0.1) is 17.7 Å². The largest absolute Gasteiger partial charge is 0.633 e. The quantitative estimate of drug-likeness (QED) is 0.561. The highest BCUT2D eigenvalue weighted by atomic mass is 32.2. The Morgan fingerprint density at radius 3 is 1.40 bits per heavy atom. The van der Waals surface area contributed by atoms with Gasteiger partial charge >= 0.3 is 0 Å². The van der Waals surface area contributed by atoms with Crippen LogP contribution in [0.15, 0.2) is 91.0 Å². The summed E-state index contributed by atoms with van der Waals surface area (Å²) in [4.78, 5) is 0. The van der Waals surface area contributed by atoms with E-state index < -0.39 is 0 Å². The van der Waals surface area contributed by atoms with Crippen LogP contribution in [0.5, 0.6) is 0 Å². The molecule has 3 heteroatoms. The van der Waals surface area contributed by atoms with Gasteiger partial charge in [0.2, 0.25) is 0 Å². The Morgan fingerprint density at radius 2 is 1.12 bits per heavy atom. The summed E-state index contributed by atoms with van der Waals surface area (Å²) in [5.41, 5.74) is 3.66. The fraction of sp³-hybridized carbons (Fsp3) is 0.182. The maximum absolute atomic E-state index is 12.2. The van der Waals surface area contributed by atoms with E-state index in [0.29, 0.717) is 11.6 Å². The molecule has 1 N–H and O–H groups in total. The zero-order chi connectivity index (χ0) is 17.1. The van der Waals surface area contributed by atoms with Crippen LogP contribution in [0.4, 0.5) is 0 Å².